The van der Waals surface area contributed by atoms with Crippen LogP contribution in [-0.4, -0.2) is 32.3 Å². The van der Waals surface area contributed by atoms with Crippen molar-refractivity contribution in [1.29, 1.82) is 0 Å². The molecule has 0 unspecified atom stereocenters. The largest absolute Gasteiger partial charge is 0.345 e. The first-order chi connectivity index (χ1) is 14.9. The first kappa shape index (κ1) is 23.1. The van der Waals surface area contributed by atoms with Crippen molar-refractivity contribution in [3.8, 4) is 0 Å². The number of hydrogen-bond donors (Lipinski definition) is 2. The summed E-state index contributed by atoms with van der Waals surface area (Å²) < 4.78 is 1.85. The van der Waals surface area contributed by atoms with Crippen molar-refractivity contribution in [1.82, 2.24) is 20.1 Å². The van der Waals surface area contributed by atoms with Crippen LogP contribution in [-0.2, 0) is 17.9 Å². The zero-order valence-corrected chi connectivity index (χ0v) is 19.3. The average molecular weight is 478 g/mol. The molecule has 0 saturated carbocycles. The molecule has 0 atom stereocenters. The van der Waals surface area contributed by atoms with Gasteiger partial charge in [-0.2, -0.15) is 0 Å². The van der Waals surface area contributed by atoms with Gasteiger partial charge in [-0.15, -0.1) is 10.2 Å². The summed E-state index contributed by atoms with van der Waals surface area (Å²) in [4.78, 5) is 24.6. The van der Waals surface area contributed by atoms with Gasteiger partial charge in [0, 0.05) is 17.3 Å². The lowest BCUT2D eigenvalue weighted by molar-refractivity contribution is -0.113. The van der Waals surface area contributed by atoms with Gasteiger partial charge in [-0.25, -0.2) is 0 Å². The SMILES string of the molecule is CCn1c(CNC(=O)c2ccc(Cl)cc2Cl)nnc1SCC(=O)Nc1ccc(C)cc1. The molecule has 0 fully saturated rings. The highest BCUT2D eigenvalue weighted by Gasteiger charge is 2.16. The molecule has 2 amide bonds. The fourth-order valence-corrected chi connectivity index (χ4v) is 4.08. The second-order valence-corrected chi connectivity index (χ2v) is 8.44. The first-order valence-corrected chi connectivity index (χ1v) is 11.3. The lowest BCUT2D eigenvalue weighted by Gasteiger charge is -2.09. The summed E-state index contributed by atoms with van der Waals surface area (Å²) in [6, 6.07) is 12.3. The van der Waals surface area contributed by atoms with E-state index in [4.69, 9.17) is 23.2 Å². The Hall–Kier alpha value is -2.55. The fraction of sp³-hybridized carbons (Fsp3) is 0.238. The highest BCUT2D eigenvalue weighted by molar-refractivity contribution is 7.99. The molecular weight excluding hydrogens is 457 g/mol. The van der Waals surface area contributed by atoms with Crippen LogP contribution in [0.5, 0.6) is 0 Å². The minimum atomic E-state index is -0.334. The van der Waals surface area contributed by atoms with Crippen LogP contribution in [0.15, 0.2) is 47.6 Å². The Morgan fingerprint density at radius 1 is 1.10 bits per heavy atom. The Morgan fingerprint density at radius 3 is 2.52 bits per heavy atom. The molecule has 1 aromatic heterocycles. The predicted molar refractivity (Wildman–Crippen MR) is 124 cm³/mol. The van der Waals surface area contributed by atoms with Gasteiger partial charge in [0.2, 0.25) is 5.91 Å². The van der Waals surface area contributed by atoms with Gasteiger partial charge in [0.05, 0.1) is 22.9 Å². The third-order valence-corrected chi connectivity index (χ3v) is 5.87. The van der Waals surface area contributed by atoms with Gasteiger partial charge in [0.25, 0.3) is 5.91 Å². The number of carbonyl (C=O) groups is 2. The van der Waals surface area contributed by atoms with E-state index in [2.05, 4.69) is 20.8 Å². The van der Waals surface area contributed by atoms with Crippen LogP contribution in [0.1, 0.15) is 28.7 Å². The molecule has 10 heteroatoms. The van der Waals surface area contributed by atoms with E-state index in [1.807, 2.05) is 42.7 Å². The number of nitrogens with one attached hydrogen (secondary N) is 2. The van der Waals surface area contributed by atoms with Gasteiger partial charge in [-0.1, -0.05) is 52.7 Å². The van der Waals surface area contributed by atoms with Crippen LogP contribution in [0.3, 0.4) is 0 Å². The Bertz CT molecular complexity index is 1090. The van der Waals surface area contributed by atoms with Crippen LogP contribution in [0, 0.1) is 6.92 Å². The quantitative estimate of drug-likeness (QED) is 0.463. The summed E-state index contributed by atoms with van der Waals surface area (Å²) in [5, 5.41) is 15.3. The van der Waals surface area contributed by atoms with Gasteiger partial charge in [0.15, 0.2) is 11.0 Å². The van der Waals surface area contributed by atoms with E-state index >= 15 is 0 Å². The summed E-state index contributed by atoms with van der Waals surface area (Å²) in [5.41, 5.74) is 2.20. The zero-order chi connectivity index (χ0) is 22.4. The molecule has 0 spiro atoms. The molecule has 2 aromatic carbocycles. The van der Waals surface area contributed by atoms with Gasteiger partial charge in [0.1, 0.15) is 0 Å². The topological polar surface area (TPSA) is 88.9 Å². The number of carbonyl (C=O) groups excluding carboxylic acids is 2. The number of nitrogens with zero attached hydrogens (tertiary/aromatic N) is 3. The van der Waals surface area contributed by atoms with E-state index < -0.39 is 0 Å². The molecule has 7 nitrogen and oxygen atoms in total. The van der Waals surface area contributed by atoms with E-state index in [-0.39, 0.29) is 29.1 Å². The third-order valence-electron chi connectivity index (χ3n) is 4.36. The average Bonchev–Trinajstić information content (AvgIpc) is 3.14. The van der Waals surface area contributed by atoms with E-state index in [0.29, 0.717) is 28.1 Å². The van der Waals surface area contributed by atoms with Crippen molar-refractivity contribution in [2.75, 3.05) is 11.1 Å². The Kier molecular flexibility index (Phi) is 7.95. The number of hydrogen-bond acceptors (Lipinski definition) is 5. The van der Waals surface area contributed by atoms with Crippen molar-refractivity contribution in [2.45, 2.75) is 32.1 Å². The maximum Gasteiger partial charge on any atom is 0.253 e. The second kappa shape index (κ2) is 10.7. The lowest BCUT2D eigenvalue weighted by Crippen LogP contribution is -2.25. The van der Waals surface area contributed by atoms with Crippen molar-refractivity contribution in [2.24, 2.45) is 0 Å². The Balaban J connectivity index is 1.57. The molecule has 1 heterocycles. The van der Waals surface area contributed by atoms with E-state index in [1.165, 1.54) is 17.8 Å². The van der Waals surface area contributed by atoms with Crippen molar-refractivity contribution < 1.29 is 9.59 Å². The molecule has 0 aliphatic rings. The highest BCUT2D eigenvalue weighted by atomic mass is 35.5. The molecule has 162 valence electrons. The number of rotatable bonds is 8. The van der Waals surface area contributed by atoms with E-state index in [0.717, 1.165) is 11.3 Å². The minimum absolute atomic E-state index is 0.133. The number of thioether (sulfide) groups is 1. The van der Waals surface area contributed by atoms with E-state index in [9.17, 15) is 9.59 Å². The summed E-state index contributed by atoms with van der Waals surface area (Å²) in [6.07, 6.45) is 0. The molecule has 31 heavy (non-hydrogen) atoms. The molecule has 2 N–H and O–H groups in total. The smallest absolute Gasteiger partial charge is 0.253 e. The predicted octanol–water partition coefficient (Wildman–Crippen LogP) is 4.57. The summed E-state index contributed by atoms with van der Waals surface area (Å²) in [5.74, 6) is 0.312. The highest BCUT2D eigenvalue weighted by Crippen LogP contribution is 2.21. The number of aryl methyl sites for hydroxylation is 1. The van der Waals surface area contributed by atoms with E-state index in [1.54, 1.807) is 12.1 Å². The fourth-order valence-electron chi connectivity index (χ4n) is 2.77. The first-order valence-electron chi connectivity index (χ1n) is 9.52. The maximum atomic E-state index is 12.4. The van der Waals surface area contributed by atoms with Gasteiger partial charge in [-0.3, -0.25) is 9.59 Å². The van der Waals surface area contributed by atoms with Crippen molar-refractivity contribution in [3.63, 3.8) is 0 Å². The van der Waals surface area contributed by atoms with Crippen molar-refractivity contribution >= 4 is 52.5 Å². The molecule has 0 aliphatic heterocycles. The van der Waals surface area contributed by atoms with Crippen LogP contribution >= 0.6 is 35.0 Å². The number of anilines is 1. The molecule has 3 rings (SSSR count). The molecule has 0 saturated heterocycles. The number of aromatic nitrogens is 3. The van der Waals surface area contributed by atoms with Crippen LogP contribution < -0.4 is 10.6 Å². The molecule has 0 aliphatic carbocycles. The normalized spacial score (nSPS) is 10.7. The standard InChI is InChI=1S/C21H21Cl2N5O2S/c1-3-28-18(11-24-20(30)16-9-6-14(22)10-17(16)23)26-27-21(28)31-12-19(29)25-15-7-4-13(2)5-8-15/h4-10H,3,11-12H2,1-2H3,(H,24,30)(H,25,29). The van der Waals surface area contributed by atoms with Gasteiger partial charge < -0.3 is 15.2 Å². The molecule has 3 aromatic rings. The van der Waals surface area contributed by atoms with Crippen LogP contribution in [0.25, 0.3) is 0 Å². The third kappa shape index (κ3) is 6.22. The maximum absolute atomic E-state index is 12.4. The summed E-state index contributed by atoms with van der Waals surface area (Å²) in [6.45, 7) is 4.71. The zero-order valence-electron chi connectivity index (χ0n) is 17.0. The monoisotopic (exact) mass is 477 g/mol. The van der Waals surface area contributed by atoms with Crippen molar-refractivity contribution in [3.05, 3.63) is 69.5 Å². The molecular formula is C21H21Cl2N5O2S. The Morgan fingerprint density at radius 2 is 1.84 bits per heavy atom. The number of halogens is 2. The lowest BCUT2D eigenvalue weighted by atomic mass is 10.2. The number of benzene rings is 2. The summed E-state index contributed by atoms with van der Waals surface area (Å²) >= 11 is 13.2. The van der Waals surface area contributed by atoms with Crippen LogP contribution in [0.4, 0.5) is 5.69 Å². The van der Waals surface area contributed by atoms with Gasteiger partial charge in [-0.05, 0) is 44.2 Å². The summed E-state index contributed by atoms with van der Waals surface area (Å²) in [7, 11) is 0. The molecule has 0 radical (unpaired) electrons. The Labute approximate surface area is 194 Å². The number of amides is 2. The minimum Gasteiger partial charge on any atom is -0.345 e. The van der Waals surface area contributed by atoms with Gasteiger partial charge >= 0.3 is 0 Å². The van der Waals surface area contributed by atoms with Crippen LogP contribution in [0.2, 0.25) is 10.0 Å². The molecule has 0 bridgehead atoms. The second-order valence-electron chi connectivity index (χ2n) is 6.65.